The van der Waals surface area contributed by atoms with Crippen molar-refractivity contribution in [1.82, 2.24) is 0 Å². The quantitative estimate of drug-likeness (QED) is 0.901. The second-order valence-electron chi connectivity index (χ2n) is 4.23. The Balaban J connectivity index is 2.12. The lowest BCUT2D eigenvalue weighted by Gasteiger charge is -2.10. The fourth-order valence-electron chi connectivity index (χ4n) is 1.81. The number of aliphatic carboxylic acids is 1. The van der Waals surface area contributed by atoms with Crippen molar-refractivity contribution in [3.63, 3.8) is 0 Å². The minimum atomic E-state index is -0.897. The number of rotatable bonds is 5. The Hall–Kier alpha value is -1.88. The summed E-state index contributed by atoms with van der Waals surface area (Å²) in [4.78, 5) is 10.8. The van der Waals surface area contributed by atoms with Gasteiger partial charge in [0.2, 0.25) is 0 Å². The Morgan fingerprint density at radius 1 is 1.20 bits per heavy atom. The molecule has 5 heteroatoms. The molecule has 0 heterocycles. The molecule has 0 saturated heterocycles. The van der Waals surface area contributed by atoms with Gasteiger partial charge in [0.25, 0.3) is 0 Å². The van der Waals surface area contributed by atoms with E-state index >= 15 is 0 Å². The molecule has 2 aromatic carbocycles. The average Bonchev–Trinajstić information content (AvgIpc) is 2.36. The lowest BCUT2D eigenvalue weighted by atomic mass is 10.1. The highest BCUT2D eigenvalue weighted by atomic mass is 79.9. The molecule has 3 nitrogen and oxygen atoms in total. The van der Waals surface area contributed by atoms with E-state index in [1.54, 1.807) is 24.3 Å². The van der Waals surface area contributed by atoms with Gasteiger partial charge >= 0.3 is 5.97 Å². The molecule has 104 valence electrons. The summed E-state index contributed by atoms with van der Waals surface area (Å²) in [6.07, 6.45) is -0.0631. The van der Waals surface area contributed by atoms with Crippen molar-refractivity contribution in [3.05, 3.63) is 63.9 Å². The lowest BCUT2D eigenvalue weighted by molar-refractivity contribution is -0.136. The number of hydrogen-bond donors (Lipinski definition) is 1. The number of carboxylic acid groups (broad SMARTS) is 1. The monoisotopic (exact) mass is 338 g/mol. The second kappa shape index (κ2) is 6.52. The Kier molecular flexibility index (Phi) is 4.74. The maximum atomic E-state index is 13.2. The summed E-state index contributed by atoms with van der Waals surface area (Å²) in [5, 5.41) is 8.85. The minimum absolute atomic E-state index is 0.0631. The Labute approximate surface area is 124 Å². The molecule has 0 amide bonds. The van der Waals surface area contributed by atoms with Crippen molar-refractivity contribution >= 4 is 21.9 Å². The second-order valence-corrected chi connectivity index (χ2v) is 5.15. The topological polar surface area (TPSA) is 46.5 Å². The Morgan fingerprint density at radius 3 is 2.55 bits per heavy atom. The fraction of sp³-hybridized carbons (Fsp3) is 0.133. The fourth-order valence-corrected chi connectivity index (χ4v) is 2.25. The molecule has 0 bridgehead atoms. The van der Waals surface area contributed by atoms with Crippen molar-refractivity contribution in [2.24, 2.45) is 0 Å². The molecule has 0 atom stereocenters. The van der Waals surface area contributed by atoms with Crippen LogP contribution in [0.15, 0.2) is 46.9 Å². The zero-order valence-electron chi connectivity index (χ0n) is 10.5. The van der Waals surface area contributed by atoms with Gasteiger partial charge in [0.1, 0.15) is 18.2 Å². The third kappa shape index (κ3) is 4.06. The van der Waals surface area contributed by atoms with Gasteiger partial charge in [0.05, 0.1) is 6.42 Å². The third-order valence-electron chi connectivity index (χ3n) is 2.69. The highest BCUT2D eigenvalue weighted by Crippen LogP contribution is 2.22. The zero-order chi connectivity index (χ0) is 14.5. The molecule has 2 rings (SSSR count). The van der Waals surface area contributed by atoms with E-state index in [0.717, 1.165) is 5.56 Å². The predicted molar refractivity (Wildman–Crippen MR) is 76.2 cm³/mol. The normalized spacial score (nSPS) is 10.3. The summed E-state index contributed by atoms with van der Waals surface area (Å²) in [5.41, 5.74) is 1.46. The van der Waals surface area contributed by atoms with Gasteiger partial charge in [0, 0.05) is 10.5 Å². The molecule has 0 aliphatic heterocycles. The summed E-state index contributed by atoms with van der Waals surface area (Å²) in [5.74, 6) is -0.902. The molecule has 1 N–H and O–H groups in total. The molecule has 0 radical (unpaired) electrons. The van der Waals surface area contributed by atoms with E-state index < -0.39 is 11.8 Å². The molecular formula is C15H12BrFO3. The van der Waals surface area contributed by atoms with Crippen LogP contribution in [0, 0.1) is 5.82 Å². The van der Waals surface area contributed by atoms with Gasteiger partial charge < -0.3 is 9.84 Å². The number of benzene rings is 2. The number of halogens is 2. The summed E-state index contributed by atoms with van der Waals surface area (Å²) in [6.45, 7) is 0.194. The van der Waals surface area contributed by atoms with Crippen LogP contribution in [0.4, 0.5) is 4.39 Å². The van der Waals surface area contributed by atoms with E-state index in [1.807, 2.05) is 6.07 Å². The molecule has 0 aliphatic rings. The first-order chi connectivity index (χ1) is 9.54. The van der Waals surface area contributed by atoms with Gasteiger partial charge in [-0.2, -0.15) is 0 Å². The average molecular weight is 339 g/mol. The standard InChI is InChI=1S/C15H12BrFO3/c16-12-6-13(17)8-14(7-12)20-9-11-4-2-1-3-10(11)5-15(18)19/h1-4,6-8H,5,9H2,(H,18,19). The molecule has 0 aromatic heterocycles. The minimum Gasteiger partial charge on any atom is -0.489 e. The van der Waals surface area contributed by atoms with E-state index in [4.69, 9.17) is 9.84 Å². The maximum absolute atomic E-state index is 13.2. The van der Waals surface area contributed by atoms with Crippen LogP contribution in [0.2, 0.25) is 0 Å². The predicted octanol–water partition coefficient (Wildman–Crippen LogP) is 3.79. The maximum Gasteiger partial charge on any atom is 0.307 e. The first-order valence-corrected chi connectivity index (χ1v) is 6.71. The van der Waals surface area contributed by atoms with Crippen molar-refractivity contribution in [1.29, 1.82) is 0 Å². The van der Waals surface area contributed by atoms with Crippen molar-refractivity contribution in [3.8, 4) is 5.75 Å². The van der Waals surface area contributed by atoms with Crippen molar-refractivity contribution < 1.29 is 19.0 Å². The van der Waals surface area contributed by atoms with Crippen LogP contribution in [-0.4, -0.2) is 11.1 Å². The summed E-state index contributed by atoms with van der Waals surface area (Å²) < 4.78 is 19.3. The lowest BCUT2D eigenvalue weighted by Crippen LogP contribution is -2.06. The Bertz CT molecular complexity index is 608. The number of hydrogen-bond acceptors (Lipinski definition) is 2. The highest BCUT2D eigenvalue weighted by molar-refractivity contribution is 9.10. The number of carboxylic acids is 1. The van der Waals surface area contributed by atoms with Crippen LogP contribution < -0.4 is 4.74 Å². The molecule has 0 saturated carbocycles. The van der Waals surface area contributed by atoms with Gasteiger partial charge in [-0.05, 0) is 23.3 Å². The van der Waals surface area contributed by atoms with E-state index in [-0.39, 0.29) is 13.0 Å². The van der Waals surface area contributed by atoms with E-state index in [0.29, 0.717) is 15.8 Å². The van der Waals surface area contributed by atoms with Crippen LogP contribution in [0.5, 0.6) is 5.75 Å². The largest absolute Gasteiger partial charge is 0.489 e. The van der Waals surface area contributed by atoms with Crippen molar-refractivity contribution in [2.75, 3.05) is 0 Å². The van der Waals surface area contributed by atoms with Gasteiger partial charge in [-0.15, -0.1) is 0 Å². The van der Waals surface area contributed by atoms with E-state index in [1.165, 1.54) is 12.1 Å². The molecule has 0 fully saturated rings. The van der Waals surface area contributed by atoms with Crippen LogP contribution >= 0.6 is 15.9 Å². The first-order valence-electron chi connectivity index (χ1n) is 5.92. The molecular weight excluding hydrogens is 327 g/mol. The first kappa shape index (κ1) is 14.5. The van der Waals surface area contributed by atoms with Gasteiger partial charge in [0.15, 0.2) is 0 Å². The molecule has 20 heavy (non-hydrogen) atoms. The zero-order valence-corrected chi connectivity index (χ0v) is 12.1. The molecule has 0 unspecified atom stereocenters. The van der Waals surface area contributed by atoms with Gasteiger partial charge in [-0.1, -0.05) is 40.2 Å². The highest BCUT2D eigenvalue weighted by Gasteiger charge is 2.07. The SMILES string of the molecule is O=C(O)Cc1ccccc1COc1cc(F)cc(Br)c1. The van der Waals surface area contributed by atoms with Gasteiger partial charge in [-0.3, -0.25) is 4.79 Å². The smallest absolute Gasteiger partial charge is 0.307 e. The van der Waals surface area contributed by atoms with Gasteiger partial charge in [-0.25, -0.2) is 4.39 Å². The van der Waals surface area contributed by atoms with Crippen LogP contribution in [0.3, 0.4) is 0 Å². The molecule has 0 spiro atoms. The molecule has 0 aliphatic carbocycles. The van der Waals surface area contributed by atoms with E-state index in [9.17, 15) is 9.18 Å². The summed E-state index contributed by atoms with van der Waals surface area (Å²) in [7, 11) is 0. The van der Waals surface area contributed by atoms with Crippen LogP contribution in [0.25, 0.3) is 0 Å². The van der Waals surface area contributed by atoms with Crippen LogP contribution in [0.1, 0.15) is 11.1 Å². The summed E-state index contributed by atoms with van der Waals surface area (Å²) >= 11 is 3.19. The summed E-state index contributed by atoms with van der Waals surface area (Å²) in [6, 6.07) is 11.4. The van der Waals surface area contributed by atoms with E-state index in [2.05, 4.69) is 15.9 Å². The van der Waals surface area contributed by atoms with Crippen LogP contribution in [-0.2, 0) is 17.8 Å². The van der Waals surface area contributed by atoms with Crippen molar-refractivity contribution in [2.45, 2.75) is 13.0 Å². The Morgan fingerprint density at radius 2 is 1.90 bits per heavy atom. The molecule has 2 aromatic rings. The number of ether oxygens (including phenoxy) is 1. The number of carbonyl (C=O) groups is 1. The third-order valence-corrected chi connectivity index (χ3v) is 3.15.